The lowest BCUT2D eigenvalue weighted by molar-refractivity contribution is -0.116. The molecule has 0 aliphatic carbocycles. The van der Waals surface area contributed by atoms with E-state index in [0.29, 0.717) is 32.0 Å². The number of aryl methyl sites for hydroxylation is 1. The molecule has 0 aliphatic heterocycles. The highest BCUT2D eigenvalue weighted by Gasteiger charge is 2.23. The minimum Gasteiger partial charge on any atom is -0.321 e. The molecule has 0 aliphatic rings. The van der Waals surface area contributed by atoms with Gasteiger partial charge in [-0.1, -0.05) is 77.8 Å². The zero-order chi connectivity index (χ0) is 31.8. The summed E-state index contributed by atoms with van der Waals surface area (Å²) < 4.78 is 0. The van der Waals surface area contributed by atoms with Gasteiger partial charge in [-0.3, -0.25) is 14.4 Å². The molecule has 5 rings (SSSR count). The Bertz CT molecular complexity index is 1850. The summed E-state index contributed by atoms with van der Waals surface area (Å²) in [6.07, 6.45) is 1.49. The van der Waals surface area contributed by atoms with Crippen LogP contribution >= 0.6 is 46.3 Å². The molecular formula is C34H26Cl2N4O3S2. The zero-order valence-electron chi connectivity index (χ0n) is 23.8. The number of aromatic nitrogens is 1. The van der Waals surface area contributed by atoms with Crippen LogP contribution in [-0.4, -0.2) is 22.7 Å². The van der Waals surface area contributed by atoms with Gasteiger partial charge < -0.3 is 16.0 Å². The van der Waals surface area contributed by atoms with Crippen LogP contribution in [0.2, 0.25) is 10.0 Å². The first kappa shape index (κ1) is 32.0. The Morgan fingerprint density at radius 2 is 1.56 bits per heavy atom. The van der Waals surface area contributed by atoms with Gasteiger partial charge in [0.1, 0.15) is 10.9 Å². The number of rotatable bonds is 10. The first-order chi connectivity index (χ1) is 21.7. The molecule has 0 bridgehead atoms. The van der Waals surface area contributed by atoms with Crippen molar-refractivity contribution in [3.63, 3.8) is 0 Å². The third-order valence-electron chi connectivity index (χ3n) is 6.35. The molecule has 0 saturated carbocycles. The summed E-state index contributed by atoms with van der Waals surface area (Å²) >= 11 is 15.2. The summed E-state index contributed by atoms with van der Waals surface area (Å²) in [6.45, 7) is 1.87. The molecule has 7 nitrogen and oxygen atoms in total. The summed E-state index contributed by atoms with van der Waals surface area (Å²) in [5.41, 5.74) is 3.06. The van der Waals surface area contributed by atoms with Gasteiger partial charge in [0.05, 0.1) is 5.69 Å². The van der Waals surface area contributed by atoms with Gasteiger partial charge in [-0.15, -0.1) is 23.1 Å². The Morgan fingerprint density at radius 1 is 0.867 bits per heavy atom. The van der Waals surface area contributed by atoms with Gasteiger partial charge in [-0.2, -0.15) is 0 Å². The number of amides is 3. The molecule has 226 valence electrons. The van der Waals surface area contributed by atoms with E-state index in [0.717, 1.165) is 16.2 Å². The van der Waals surface area contributed by atoms with Gasteiger partial charge in [-0.05, 0) is 72.7 Å². The van der Waals surface area contributed by atoms with Gasteiger partial charge in [0, 0.05) is 31.6 Å². The second-order valence-corrected chi connectivity index (χ2v) is 12.6. The molecule has 3 N–H and O–H groups in total. The molecule has 3 amide bonds. The summed E-state index contributed by atoms with van der Waals surface area (Å²) in [5.74, 6) is -1.19. The van der Waals surface area contributed by atoms with Gasteiger partial charge >= 0.3 is 0 Å². The Hall–Kier alpha value is -4.41. The fourth-order valence-electron chi connectivity index (χ4n) is 4.15. The smallest absolute Gasteiger partial charge is 0.272 e. The number of nitrogens with zero attached hydrogens (tertiary/aromatic N) is 1. The van der Waals surface area contributed by atoms with Crippen molar-refractivity contribution in [3.8, 4) is 0 Å². The van der Waals surface area contributed by atoms with Gasteiger partial charge in [0.25, 0.3) is 11.8 Å². The van der Waals surface area contributed by atoms with E-state index < -0.39 is 17.1 Å². The lowest BCUT2D eigenvalue weighted by atomic mass is 10.1. The van der Waals surface area contributed by atoms with Crippen LogP contribution in [0.3, 0.4) is 0 Å². The van der Waals surface area contributed by atoms with E-state index in [9.17, 15) is 14.4 Å². The molecule has 0 spiro atoms. The second-order valence-electron chi connectivity index (χ2n) is 9.71. The second kappa shape index (κ2) is 15.0. The summed E-state index contributed by atoms with van der Waals surface area (Å²) in [5, 5.41) is 11.1. The van der Waals surface area contributed by atoms with Crippen LogP contribution in [-0.2, 0) is 9.59 Å². The third-order valence-corrected chi connectivity index (χ3v) is 9.05. The van der Waals surface area contributed by atoms with E-state index in [2.05, 4.69) is 20.9 Å². The number of hydrogen-bond acceptors (Lipinski definition) is 6. The molecule has 1 heterocycles. The van der Waals surface area contributed by atoms with Crippen molar-refractivity contribution in [1.29, 1.82) is 0 Å². The zero-order valence-corrected chi connectivity index (χ0v) is 26.9. The summed E-state index contributed by atoms with van der Waals surface area (Å²) in [6, 6.07) is 30.0. The summed E-state index contributed by atoms with van der Waals surface area (Å²) in [4.78, 5) is 44.9. The predicted octanol–water partition coefficient (Wildman–Crippen LogP) is 8.64. The minimum atomic E-state index is -0.550. The lowest BCUT2D eigenvalue weighted by Gasteiger charge is -2.17. The predicted molar refractivity (Wildman–Crippen MR) is 184 cm³/mol. The van der Waals surface area contributed by atoms with Crippen molar-refractivity contribution in [3.05, 3.63) is 147 Å². The monoisotopic (exact) mass is 672 g/mol. The normalized spacial score (nSPS) is 11.8. The number of thioether (sulfide) groups is 1. The van der Waals surface area contributed by atoms with Crippen LogP contribution in [0.15, 0.2) is 119 Å². The first-order valence-electron chi connectivity index (χ1n) is 13.6. The van der Waals surface area contributed by atoms with Gasteiger partial charge in [0.2, 0.25) is 5.91 Å². The van der Waals surface area contributed by atoms with Crippen molar-refractivity contribution < 1.29 is 14.4 Å². The van der Waals surface area contributed by atoms with Crippen LogP contribution in [0.25, 0.3) is 6.08 Å². The maximum atomic E-state index is 13.4. The van der Waals surface area contributed by atoms with Crippen LogP contribution < -0.4 is 16.0 Å². The Labute approximate surface area is 278 Å². The van der Waals surface area contributed by atoms with E-state index >= 15 is 0 Å². The molecule has 45 heavy (non-hydrogen) atoms. The van der Waals surface area contributed by atoms with Crippen LogP contribution in [0.1, 0.15) is 32.4 Å². The fraction of sp³-hybridized carbons (Fsp3) is 0.0588. The number of nitrogens with one attached hydrogen (secondary N) is 3. The quantitative estimate of drug-likeness (QED) is 0.102. The van der Waals surface area contributed by atoms with E-state index in [4.69, 9.17) is 23.2 Å². The number of hydrogen-bond donors (Lipinski definition) is 3. The number of anilines is 2. The maximum absolute atomic E-state index is 13.4. The molecule has 0 radical (unpaired) electrons. The van der Waals surface area contributed by atoms with Crippen molar-refractivity contribution in [1.82, 2.24) is 10.3 Å². The molecule has 1 unspecified atom stereocenters. The fourth-order valence-corrected chi connectivity index (χ4v) is 6.33. The van der Waals surface area contributed by atoms with Crippen molar-refractivity contribution in [2.45, 2.75) is 17.1 Å². The standard InChI is InChI=1S/C34H26Cl2N4O3S2/c1-21-20-44-34(37-21)40-33(43)30(22-8-4-2-5-9-22)45-27-16-14-26(15-17-27)38-32(42)29(18-24-12-13-25(35)19-28(24)36)39-31(41)23-10-6-3-7-11-23/h2-20,30H,1H3,(H,38,42)(H,39,41)(H,37,40,43)/b29-18-. The lowest BCUT2D eigenvalue weighted by Crippen LogP contribution is -2.30. The van der Waals surface area contributed by atoms with E-state index in [1.54, 1.807) is 60.7 Å². The van der Waals surface area contributed by atoms with Gasteiger partial charge in [0.15, 0.2) is 5.13 Å². The van der Waals surface area contributed by atoms with Crippen LogP contribution in [0.4, 0.5) is 10.8 Å². The van der Waals surface area contributed by atoms with Crippen molar-refractivity contribution in [2.24, 2.45) is 0 Å². The van der Waals surface area contributed by atoms with E-state index in [1.165, 1.54) is 29.2 Å². The molecule has 11 heteroatoms. The number of halogens is 2. The Kier molecular flexibility index (Phi) is 10.7. The first-order valence-corrected chi connectivity index (χ1v) is 16.2. The molecule has 0 saturated heterocycles. The average Bonchev–Trinajstić information content (AvgIpc) is 3.46. The minimum absolute atomic E-state index is 0.00948. The summed E-state index contributed by atoms with van der Waals surface area (Å²) in [7, 11) is 0. The van der Waals surface area contributed by atoms with Crippen LogP contribution in [0, 0.1) is 6.92 Å². The highest BCUT2D eigenvalue weighted by atomic mass is 35.5. The highest BCUT2D eigenvalue weighted by molar-refractivity contribution is 8.00. The average molecular weight is 674 g/mol. The van der Waals surface area contributed by atoms with Crippen molar-refractivity contribution in [2.75, 3.05) is 10.6 Å². The number of carbonyl (C=O) groups is 3. The number of carbonyl (C=O) groups excluding carboxylic acids is 3. The van der Waals surface area contributed by atoms with Gasteiger partial charge in [-0.25, -0.2) is 4.98 Å². The number of benzene rings is 4. The Morgan fingerprint density at radius 3 is 2.20 bits per heavy atom. The van der Waals surface area contributed by atoms with E-state index in [1.807, 2.05) is 54.8 Å². The van der Waals surface area contributed by atoms with Crippen molar-refractivity contribution >= 4 is 80.9 Å². The largest absolute Gasteiger partial charge is 0.321 e. The highest BCUT2D eigenvalue weighted by Crippen LogP contribution is 2.37. The topological polar surface area (TPSA) is 100 Å². The number of thiazole rings is 1. The molecule has 4 aromatic carbocycles. The molecule has 1 aromatic heterocycles. The SMILES string of the molecule is Cc1csc(NC(=O)C(Sc2ccc(NC(=O)/C(=C/c3ccc(Cl)cc3Cl)NC(=O)c3ccccc3)cc2)c2ccccc2)n1. The molecular weight excluding hydrogens is 647 g/mol. The van der Waals surface area contributed by atoms with E-state index in [-0.39, 0.29) is 11.6 Å². The molecule has 0 fully saturated rings. The van der Waals surface area contributed by atoms with Crippen LogP contribution in [0.5, 0.6) is 0 Å². The maximum Gasteiger partial charge on any atom is 0.272 e. The Balaban J connectivity index is 1.34. The third kappa shape index (κ3) is 8.83. The molecule has 5 aromatic rings. The molecule has 1 atom stereocenters.